The molecular formula is C19H18N4O3S. The standard InChI is InChI=1S/C19H18N4O3S/c1-2-20-18-13-5-3-4-6-14(13)22-19(23-18)27-10-17(24)21-12-7-8-15-16(9-12)26-11-25-15/h3-9H,2,10-11H2,1H3,(H,21,24)(H,20,22,23). The highest BCUT2D eigenvalue weighted by atomic mass is 32.2. The van der Waals surface area contributed by atoms with Gasteiger partial charge in [-0.3, -0.25) is 4.79 Å². The lowest BCUT2D eigenvalue weighted by molar-refractivity contribution is -0.113. The minimum Gasteiger partial charge on any atom is -0.454 e. The first-order valence-corrected chi connectivity index (χ1v) is 9.54. The molecule has 0 saturated heterocycles. The Morgan fingerprint density at radius 2 is 2.00 bits per heavy atom. The Bertz CT molecular complexity index is 996. The molecule has 0 saturated carbocycles. The fourth-order valence-corrected chi connectivity index (χ4v) is 3.37. The van der Waals surface area contributed by atoms with Gasteiger partial charge in [0.1, 0.15) is 5.82 Å². The van der Waals surface area contributed by atoms with Crippen LogP contribution in [-0.4, -0.2) is 35.0 Å². The number of para-hydroxylation sites is 1. The van der Waals surface area contributed by atoms with Gasteiger partial charge in [0.05, 0.1) is 11.3 Å². The molecule has 0 bridgehead atoms. The molecule has 1 aliphatic rings. The van der Waals surface area contributed by atoms with Crippen LogP contribution in [0.5, 0.6) is 11.5 Å². The highest BCUT2D eigenvalue weighted by molar-refractivity contribution is 7.99. The minimum atomic E-state index is -0.138. The summed E-state index contributed by atoms with van der Waals surface area (Å²) in [6, 6.07) is 13.1. The summed E-state index contributed by atoms with van der Waals surface area (Å²) < 4.78 is 10.6. The fourth-order valence-electron chi connectivity index (χ4n) is 2.72. The van der Waals surface area contributed by atoms with Crippen molar-refractivity contribution >= 4 is 40.1 Å². The average molecular weight is 382 g/mol. The summed E-state index contributed by atoms with van der Waals surface area (Å²) in [5.41, 5.74) is 1.51. The van der Waals surface area contributed by atoms with E-state index in [9.17, 15) is 4.79 Å². The molecular weight excluding hydrogens is 364 g/mol. The van der Waals surface area contributed by atoms with Crippen molar-refractivity contribution in [3.63, 3.8) is 0 Å². The molecule has 2 heterocycles. The van der Waals surface area contributed by atoms with Crippen molar-refractivity contribution in [1.82, 2.24) is 9.97 Å². The monoisotopic (exact) mass is 382 g/mol. The van der Waals surface area contributed by atoms with Gasteiger partial charge in [-0.05, 0) is 31.2 Å². The maximum absolute atomic E-state index is 12.3. The van der Waals surface area contributed by atoms with Gasteiger partial charge in [-0.2, -0.15) is 0 Å². The van der Waals surface area contributed by atoms with Gasteiger partial charge in [-0.15, -0.1) is 0 Å². The number of aromatic nitrogens is 2. The predicted octanol–water partition coefficient (Wildman–Crippen LogP) is 3.52. The molecule has 0 atom stereocenters. The minimum absolute atomic E-state index is 0.138. The predicted molar refractivity (Wildman–Crippen MR) is 106 cm³/mol. The molecule has 8 heteroatoms. The normalized spacial score (nSPS) is 12.2. The summed E-state index contributed by atoms with van der Waals surface area (Å²) in [5.74, 6) is 2.16. The maximum atomic E-state index is 12.3. The Labute approximate surface area is 160 Å². The smallest absolute Gasteiger partial charge is 0.234 e. The van der Waals surface area contributed by atoms with E-state index in [1.807, 2.05) is 31.2 Å². The van der Waals surface area contributed by atoms with Crippen molar-refractivity contribution in [2.24, 2.45) is 0 Å². The molecule has 1 amide bonds. The number of nitrogens with zero attached hydrogens (tertiary/aromatic N) is 2. The molecule has 2 N–H and O–H groups in total. The van der Waals surface area contributed by atoms with Crippen LogP contribution in [0.25, 0.3) is 10.9 Å². The molecule has 3 aromatic rings. The number of carbonyl (C=O) groups is 1. The van der Waals surface area contributed by atoms with E-state index in [0.29, 0.717) is 22.3 Å². The van der Waals surface area contributed by atoms with Crippen molar-refractivity contribution in [2.45, 2.75) is 12.1 Å². The number of fused-ring (bicyclic) bond motifs is 2. The van der Waals surface area contributed by atoms with Crippen LogP contribution in [0, 0.1) is 0 Å². The van der Waals surface area contributed by atoms with E-state index >= 15 is 0 Å². The molecule has 0 radical (unpaired) electrons. The second-order valence-electron chi connectivity index (χ2n) is 5.81. The quantitative estimate of drug-likeness (QED) is 0.498. The van der Waals surface area contributed by atoms with E-state index in [2.05, 4.69) is 20.6 Å². The largest absolute Gasteiger partial charge is 0.454 e. The summed E-state index contributed by atoms with van der Waals surface area (Å²) in [7, 11) is 0. The molecule has 0 aliphatic carbocycles. The van der Waals surface area contributed by atoms with Crippen LogP contribution in [0.15, 0.2) is 47.6 Å². The zero-order valence-corrected chi connectivity index (χ0v) is 15.5. The van der Waals surface area contributed by atoms with Gasteiger partial charge in [-0.25, -0.2) is 9.97 Å². The lowest BCUT2D eigenvalue weighted by atomic mass is 10.2. The van der Waals surface area contributed by atoms with E-state index < -0.39 is 0 Å². The van der Waals surface area contributed by atoms with Gasteiger partial charge in [0, 0.05) is 23.7 Å². The molecule has 0 fully saturated rings. The number of nitrogens with one attached hydrogen (secondary N) is 2. The van der Waals surface area contributed by atoms with E-state index in [1.54, 1.807) is 18.2 Å². The lowest BCUT2D eigenvalue weighted by Crippen LogP contribution is -2.14. The molecule has 1 aromatic heterocycles. The first kappa shape index (κ1) is 17.4. The third kappa shape index (κ3) is 3.90. The van der Waals surface area contributed by atoms with Crippen LogP contribution in [0.3, 0.4) is 0 Å². The van der Waals surface area contributed by atoms with Crippen molar-refractivity contribution in [3.05, 3.63) is 42.5 Å². The van der Waals surface area contributed by atoms with E-state index in [1.165, 1.54) is 11.8 Å². The van der Waals surface area contributed by atoms with Crippen LogP contribution in [-0.2, 0) is 4.79 Å². The number of benzene rings is 2. The van der Waals surface area contributed by atoms with Crippen LogP contribution in [0.2, 0.25) is 0 Å². The topological polar surface area (TPSA) is 85.4 Å². The highest BCUT2D eigenvalue weighted by Crippen LogP contribution is 2.34. The van der Waals surface area contributed by atoms with E-state index in [-0.39, 0.29) is 18.5 Å². The van der Waals surface area contributed by atoms with Crippen molar-refractivity contribution < 1.29 is 14.3 Å². The molecule has 0 unspecified atom stereocenters. The molecule has 0 spiro atoms. The van der Waals surface area contributed by atoms with E-state index in [0.717, 1.165) is 23.3 Å². The van der Waals surface area contributed by atoms with Gasteiger partial charge in [0.2, 0.25) is 12.7 Å². The third-order valence-corrected chi connectivity index (χ3v) is 4.76. The molecule has 2 aromatic carbocycles. The second-order valence-corrected chi connectivity index (χ2v) is 6.75. The summed E-state index contributed by atoms with van der Waals surface area (Å²) in [5, 5.41) is 7.63. The SMILES string of the molecule is CCNc1nc(SCC(=O)Nc2ccc3c(c2)OCO3)nc2ccccc12. The summed E-state index contributed by atoms with van der Waals surface area (Å²) in [6.45, 7) is 2.98. The van der Waals surface area contributed by atoms with Gasteiger partial charge in [0.15, 0.2) is 16.7 Å². The number of ether oxygens (including phenoxy) is 2. The van der Waals surface area contributed by atoms with Crippen LogP contribution < -0.4 is 20.1 Å². The first-order chi connectivity index (χ1) is 13.2. The summed E-state index contributed by atoms with van der Waals surface area (Å²) in [4.78, 5) is 21.4. The molecule has 1 aliphatic heterocycles. The molecule has 7 nitrogen and oxygen atoms in total. The van der Waals surface area contributed by atoms with Gasteiger partial charge in [0.25, 0.3) is 0 Å². The summed E-state index contributed by atoms with van der Waals surface area (Å²) >= 11 is 1.30. The number of amides is 1. The van der Waals surface area contributed by atoms with Crippen molar-refractivity contribution in [2.75, 3.05) is 29.7 Å². The number of rotatable bonds is 6. The second kappa shape index (κ2) is 7.71. The van der Waals surface area contributed by atoms with Crippen molar-refractivity contribution in [1.29, 1.82) is 0 Å². The van der Waals surface area contributed by atoms with Crippen molar-refractivity contribution in [3.8, 4) is 11.5 Å². The number of thioether (sulfide) groups is 1. The van der Waals surface area contributed by atoms with E-state index in [4.69, 9.17) is 9.47 Å². The van der Waals surface area contributed by atoms with Crippen LogP contribution >= 0.6 is 11.8 Å². The Hall–Kier alpha value is -3.00. The molecule has 27 heavy (non-hydrogen) atoms. The Morgan fingerprint density at radius 1 is 1.15 bits per heavy atom. The Kier molecular flexibility index (Phi) is 4.97. The zero-order valence-electron chi connectivity index (χ0n) is 14.7. The van der Waals surface area contributed by atoms with Gasteiger partial charge >= 0.3 is 0 Å². The first-order valence-electron chi connectivity index (χ1n) is 8.56. The molecule has 4 rings (SSSR count). The maximum Gasteiger partial charge on any atom is 0.234 e. The average Bonchev–Trinajstić information content (AvgIpc) is 3.14. The fraction of sp³-hybridized carbons (Fsp3) is 0.211. The van der Waals surface area contributed by atoms with Crippen LogP contribution in [0.4, 0.5) is 11.5 Å². The Morgan fingerprint density at radius 3 is 2.89 bits per heavy atom. The Balaban J connectivity index is 1.44. The third-order valence-electron chi connectivity index (χ3n) is 3.92. The van der Waals surface area contributed by atoms with Gasteiger partial charge in [-0.1, -0.05) is 23.9 Å². The molecule has 138 valence electrons. The number of hydrogen-bond donors (Lipinski definition) is 2. The highest BCUT2D eigenvalue weighted by Gasteiger charge is 2.15. The lowest BCUT2D eigenvalue weighted by Gasteiger charge is -2.09. The zero-order chi connectivity index (χ0) is 18.6. The number of carbonyl (C=O) groups excluding carboxylic acids is 1. The number of hydrogen-bond acceptors (Lipinski definition) is 7. The number of anilines is 2. The van der Waals surface area contributed by atoms with Crippen LogP contribution in [0.1, 0.15) is 6.92 Å². The summed E-state index contributed by atoms with van der Waals surface area (Å²) in [6.07, 6.45) is 0. The van der Waals surface area contributed by atoms with Gasteiger partial charge < -0.3 is 20.1 Å².